The lowest BCUT2D eigenvalue weighted by atomic mass is 10.1. The van der Waals surface area contributed by atoms with E-state index in [9.17, 15) is 9.59 Å². The molecule has 0 saturated heterocycles. The first-order chi connectivity index (χ1) is 12.0. The predicted octanol–water partition coefficient (Wildman–Crippen LogP) is 3.92. The Labute approximate surface area is 159 Å². The molecule has 0 atom stereocenters. The molecular formula is C20H24ClN3O2. The number of hydrogen-bond donors (Lipinski definition) is 3. The highest BCUT2D eigenvalue weighted by Gasteiger charge is 2.18. The molecule has 26 heavy (non-hydrogen) atoms. The Balaban J connectivity index is 0.00000243. The van der Waals surface area contributed by atoms with Crippen LogP contribution in [0.4, 0.5) is 11.4 Å². The van der Waals surface area contributed by atoms with Gasteiger partial charge in [0.1, 0.15) is 0 Å². The van der Waals surface area contributed by atoms with Gasteiger partial charge < -0.3 is 16.4 Å². The quantitative estimate of drug-likeness (QED) is 0.710. The summed E-state index contributed by atoms with van der Waals surface area (Å²) in [7, 11) is 0. The Kier molecular flexibility index (Phi) is 6.64. The van der Waals surface area contributed by atoms with Gasteiger partial charge in [-0.1, -0.05) is 18.9 Å². The minimum Gasteiger partial charge on any atom is -0.399 e. The molecule has 2 aromatic rings. The topological polar surface area (TPSA) is 84.2 Å². The molecule has 1 aliphatic carbocycles. The fourth-order valence-corrected chi connectivity index (χ4v) is 3.16. The van der Waals surface area contributed by atoms with Crippen LogP contribution in [0.1, 0.15) is 52.0 Å². The lowest BCUT2D eigenvalue weighted by Crippen LogP contribution is -2.32. The third kappa shape index (κ3) is 4.76. The zero-order valence-corrected chi connectivity index (χ0v) is 15.6. The number of halogens is 1. The normalized spacial score (nSPS) is 13.7. The number of nitrogens with two attached hydrogens (primary N) is 1. The first-order valence-electron chi connectivity index (χ1n) is 8.61. The summed E-state index contributed by atoms with van der Waals surface area (Å²) < 4.78 is 0. The average Bonchev–Trinajstić information content (AvgIpc) is 3.09. The van der Waals surface area contributed by atoms with Crippen molar-refractivity contribution in [3.63, 3.8) is 0 Å². The van der Waals surface area contributed by atoms with Crippen LogP contribution in [0.15, 0.2) is 42.5 Å². The molecule has 0 aliphatic heterocycles. The van der Waals surface area contributed by atoms with Crippen molar-refractivity contribution >= 4 is 35.6 Å². The number of carbonyl (C=O) groups is 2. The molecule has 0 spiro atoms. The highest BCUT2D eigenvalue weighted by Crippen LogP contribution is 2.21. The maximum atomic E-state index is 12.3. The zero-order chi connectivity index (χ0) is 17.8. The van der Waals surface area contributed by atoms with Crippen molar-refractivity contribution in [3.8, 4) is 0 Å². The molecule has 5 nitrogen and oxygen atoms in total. The van der Waals surface area contributed by atoms with E-state index in [1.54, 1.807) is 42.5 Å². The SMILES string of the molecule is Cc1cc(C(=O)NC2CCCC2)ccc1NC(=O)c1cccc(N)c1.Cl. The number of nitrogen functional groups attached to an aromatic ring is 1. The molecule has 1 aliphatic rings. The molecule has 6 heteroatoms. The third-order valence-electron chi connectivity index (χ3n) is 4.58. The van der Waals surface area contributed by atoms with Gasteiger partial charge in [0.25, 0.3) is 11.8 Å². The highest BCUT2D eigenvalue weighted by molar-refractivity contribution is 6.05. The molecule has 138 valence electrons. The summed E-state index contributed by atoms with van der Waals surface area (Å²) >= 11 is 0. The van der Waals surface area contributed by atoms with Crippen molar-refractivity contribution in [2.75, 3.05) is 11.1 Å². The summed E-state index contributed by atoms with van der Waals surface area (Å²) in [6.45, 7) is 1.88. The predicted molar refractivity (Wildman–Crippen MR) is 107 cm³/mol. The van der Waals surface area contributed by atoms with E-state index in [-0.39, 0.29) is 30.3 Å². The Morgan fingerprint density at radius 3 is 2.35 bits per heavy atom. The van der Waals surface area contributed by atoms with Crippen molar-refractivity contribution < 1.29 is 9.59 Å². The largest absolute Gasteiger partial charge is 0.399 e. The van der Waals surface area contributed by atoms with Crippen molar-refractivity contribution in [1.29, 1.82) is 0 Å². The first-order valence-corrected chi connectivity index (χ1v) is 8.61. The Bertz CT molecular complexity index is 801. The van der Waals surface area contributed by atoms with Crippen LogP contribution in [-0.2, 0) is 0 Å². The molecule has 0 bridgehead atoms. The van der Waals surface area contributed by atoms with Crippen LogP contribution in [-0.4, -0.2) is 17.9 Å². The van der Waals surface area contributed by atoms with E-state index in [1.165, 1.54) is 12.8 Å². The number of nitrogens with one attached hydrogen (secondary N) is 2. The lowest BCUT2D eigenvalue weighted by molar-refractivity contribution is 0.0937. The van der Waals surface area contributed by atoms with Crippen LogP contribution < -0.4 is 16.4 Å². The molecule has 2 amide bonds. The molecule has 0 aromatic heterocycles. The van der Waals surface area contributed by atoms with Crippen molar-refractivity contribution in [3.05, 3.63) is 59.2 Å². The lowest BCUT2D eigenvalue weighted by Gasteiger charge is -2.14. The van der Waals surface area contributed by atoms with E-state index in [1.807, 2.05) is 6.92 Å². The molecule has 3 rings (SSSR count). The maximum Gasteiger partial charge on any atom is 0.255 e. The summed E-state index contributed by atoms with van der Waals surface area (Å²) in [6.07, 6.45) is 4.47. The summed E-state index contributed by atoms with van der Waals surface area (Å²) in [5.74, 6) is -0.276. The summed E-state index contributed by atoms with van der Waals surface area (Å²) in [4.78, 5) is 24.7. The Morgan fingerprint density at radius 2 is 1.69 bits per heavy atom. The molecule has 0 heterocycles. The molecular weight excluding hydrogens is 350 g/mol. The number of carbonyl (C=O) groups excluding carboxylic acids is 2. The number of hydrogen-bond acceptors (Lipinski definition) is 3. The van der Waals surface area contributed by atoms with E-state index in [2.05, 4.69) is 10.6 Å². The number of benzene rings is 2. The van der Waals surface area contributed by atoms with Crippen molar-refractivity contribution in [2.45, 2.75) is 38.6 Å². The molecule has 1 fully saturated rings. The molecule has 4 N–H and O–H groups in total. The third-order valence-corrected chi connectivity index (χ3v) is 4.58. The van der Waals surface area contributed by atoms with Crippen LogP contribution in [0, 0.1) is 6.92 Å². The average molecular weight is 374 g/mol. The molecule has 2 aromatic carbocycles. The standard InChI is InChI=1S/C20H23N3O2.ClH/c1-13-11-15(19(24)22-17-7-2-3-8-17)9-10-18(13)23-20(25)14-5-4-6-16(21)12-14;/h4-6,9-12,17H,2-3,7-8,21H2,1H3,(H,22,24)(H,23,25);1H. The van der Waals surface area contributed by atoms with E-state index < -0.39 is 0 Å². The van der Waals surface area contributed by atoms with Gasteiger partial charge in [-0.15, -0.1) is 12.4 Å². The van der Waals surface area contributed by atoms with Crippen molar-refractivity contribution in [1.82, 2.24) is 5.32 Å². The highest BCUT2D eigenvalue weighted by atomic mass is 35.5. The number of amides is 2. The maximum absolute atomic E-state index is 12.3. The summed E-state index contributed by atoms with van der Waals surface area (Å²) in [5.41, 5.74) is 8.91. The van der Waals surface area contributed by atoms with Crippen LogP contribution in [0.25, 0.3) is 0 Å². The van der Waals surface area contributed by atoms with Gasteiger partial charge in [0, 0.05) is 28.5 Å². The fraction of sp³-hybridized carbons (Fsp3) is 0.300. The molecule has 0 radical (unpaired) electrons. The van der Waals surface area contributed by atoms with E-state index in [4.69, 9.17) is 5.73 Å². The van der Waals surface area contributed by atoms with Gasteiger partial charge in [-0.25, -0.2) is 0 Å². The Hall–Kier alpha value is -2.53. The second-order valence-electron chi connectivity index (χ2n) is 6.56. The Morgan fingerprint density at radius 1 is 1.00 bits per heavy atom. The van der Waals surface area contributed by atoms with Gasteiger partial charge in [0.15, 0.2) is 0 Å². The zero-order valence-electron chi connectivity index (χ0n) is 14.7. The second-order valence-corrected chi connectivity index (χ2v) is 6.56. The van der Waals surface area contributed by atoms with Gasteiger partial charge in [0.05, 0.1) is 0 Å². The second kappa shape index (κ2) is 8.72. The monoisotopic (exact) mass is 373 g/mol. The minimum atomic E-state index is -0.224. The van der Waals surface area contributed by atoms with Crippen LogP contribution in [0.5, 0.6) is 0 Å². The summed E-state index contributed by atoms with van der Waals surface area (Å²) in [5, 5.41) is 5.94. The molecule has 1 saturated carbocycles. The van der Waals surface area contributed by atoms with E-state index in [0.29, 0.717) is 22.5 Å². The number of anilines is 2. The minimum absolute atomic E-state index is 0. The van der Waals surface area contributed by atoms with Crippen LogP contribution >= 0.6 is 12.4 Å². The smallest absolute Gasteiger partial charge is 0.255 e. The number of rotatable bonds is 4. The van der Waals surface area contributed by atoms with Gasteiger partial charge in [0.2, 0.25) is 0 Å². The molecule has 0 unspecified atom stereocenters. The van der Waals surface area contributed by atoms with Gasteiger partial charge in [-0.3, -0.25) is 9.59 Å². The van der Waals surface area contributed by atoms with Gasteiger partial charge in [-0.05, 0) is 61.7 Å². The first kappa shape index (κ1) is 19.8. The van der Waals surface area contributed by atoms with Crippen LogP contribution in [0.3, 0.4) is 0 Å². The summed E-state index contributed by atoms with van der Waals surface area (Å²) in [6, 6.07) is 12.4. The van der Waals surface area contributed by atoms with Crippen molar-refractivity contribution in [2.24, 2.45) is 0 Å². The van der Waals surface area contributed by atoms with Gasteiger partial charge in [-0.2, -0.15) is 0 Å². The van der Waals surface area contributed by atoms with Gasteiger partial charge >= 0.3 is 0 Å². The van der Waals surface area contributed by atoms with E-state index in [0.717, 1.165) is 18.4 Å². The fourth-order valence-electron chi connectivity index (χ4n) is 3.16. The van der Waals surface area contributed by atoms with E-state index >= 15 is 0 Å². The van der Waals surface area contributed by atoms with Crippen LogP contribution in [0.2, 0.25) is 0 Å². The number of aryl methyl sites for hydroxylation is 1.